The molecule has 0 heterocycles. The lowest BCUT2D eigenvalue weighted by molar-refractivity contribution is -0.391. The van der Waals surface area contributed by atoms with E-state index in [1.165, 1.54) is 18.3 Å². The van der Waals surface area contributed by atoms with Gasteiger partial charge < -0.3 is 14.6 Å². The zero-order chi connectivity index (χ0) is 21.4. The van der Waals surface area contributed by atoms with Crippen molar-refractivity contribution < 1.29 is 31.8 Å². The van der Waals surface area contributed by atoms with E-state index < -0.39 is 27.6 Å². The minimum absolute atomic E-state index is 0.0362. The summed E-state index contributed by atoms with van der Waals surface area (Å²) in [5.41, 5.74) is 0.593. The third-order valence-corrected chi connectivity index (χ3v) is 5.48. The molecule has 0 spiro atoms. The summed E-state index contributed by atoms with van der Waals surface area (Å²) in [6, 6.07) is 14.5. The molecule has 0 aromatic heterocycles. The highest BCUT2D eigenvalue weighted by molar-refractivity contribution is 7.85. The number of rotatable bonds is 8. The maximum atomic E-state index is 13.4. The highest BCUT2D eigenvalue weighted by atomic mass is 32.2. The highest BCUT2D eigenvalue weighted by Crippen LogP contribution is 2.19. The molecule has 8 heteroatoms. The normalized spacial score (nSPS) is 12.9. The zero-order valence-electron chi connectivity index (χ0n) is 16.5. The molecule has 0 N–H and O–H groups in total. The van der Waals surface area contributed by atoms with Gasteiger partial charge in [-0.05, 0) is 44.7 Å². The molecule has 2 aromatic rings. The van der Waals surface area contributed by atoms with Crippen molar-refractivity contribution in [2.45, 2.75) is 25.7 Å². The molecule has 0 saturated carbocycles. The third-order valence-electron chi connectivity index (χ3n) is 3.80. The first kappa shape index (κ1) is 22.2. The fourth-order valence-corrected chi connectivity index (χ4v) is 3.77. The predicted octanol–water partition coefficient (Wildman–Crippen LogP) is 1.94. The molecule has 2 rings (SSSR count). The molecule has 0 unspecified atom stereocenters. The average molecular weight is 417 g/mol. The number of nitrogens with zero attached hydrogens (tertiary/aromatic N) is 1. The lowest BCUT2D eigenvalue weighted by atomic mass is 10.2. The van der Waals surface area contributed by atoms with E-state index >= 15 is 0 Å². The Hall–Kier alpha value is -3.13. The predicted molar refractivity (Wildman–Crippen MR) is 106 cm³/mol. The molecule has 0 fully saturated rings. The molecule has 0 radical (unpaired) electrons. The number of sulfonamides is 1. The molecule has 7 nitrogen and oxygen atoms in total. The Kier molecular flexibility index (Phi) is 7.55. The van der Waals surface area contributed by atoms with Crippen molar-refractivity contribution in [3.05, 3.63) is 77.4 Å². The number of aryl methyl sites for hydroxylation is 1. The molecule has 0 aliphatic rings. The van der Waals surface area contributed by atoms with Crippen LogP contribution < -0.4 is 5.11 Å². The van der Waals surface area contributed by atoms with Crippen LogP contribution in [0.4, 0.5) is 0 Å². The Labute approximate surface area is 170 Å². The number of carbonyl (C=O) groups is 1. The van der Waals surface area contributed by atoms with Gasteiger partial charge in [-0.1, -0.05) is 46.8 Å². The van der Waals surface area contributed by atoms with E-state index in [0.717, 1.165) is 5.56 Å². The highest BCUT2D eigenvalue weighted by Gasteiger charge is 2.38. The molecule has 0 aliphatic carbocycles. The number of esters is 1. The van der Waals surface area contributed by atoms with Gasteiger partial charge in [0, 0.05) is 5.56 Å². The Morgan fingerprint density at radius 3 is 2.14 bits per heavy atom. The van der Waals surface area contributed by atoms with Crippen LogP contribution in [-0.2, 0) is 24.3 Å². The summed E-state index contributed by atoms with van der Waals surface area (Å²) in [6.45, 7) is 4.86. The molecule has 154 valence electrons. The first-order valence-corrected chi connectivity index (χ1v) is 10.5. The molecule has 29 heavy (non-hydrogen) atoms. The molecule has 0 bridgehead atoms. The van der Waals surface area contributed by atoms with Crippen LogP contribution in [0, 0.1) is 6.92 Å². The van der Waals surface area contributed by atoms with Crippen LogP contribution in [0.1, 0.15) is 25.0 Å². The van der Waals surface area contributed by atoms with Crippen molar-refractivity contribution in [3.8, 4) is 0 Å². The Balaban J connectivity index is 2.78. The topological polar surface area (TPSA) is 95.7 Å². The van der Waals surface area contributed by atoms with Gasteiger partial charge in [0.05, 0.1) is 6.61 Å². The van der Waals surface area contributed by atoms with Crippen LogP contribution in [0.2, 0.25) is 0 Å². The van der Waals surface area contributed by atoms with Crippen LogP contribution in [0.5, 0.6) is 0 Å². The molecule has 0 amide bonds. The molecule has 0 atom stereocenters. The van der Waals surface area contributed by atoms with E-state index in [4.69, 9.17) is 9.47 Å². The SMILES string of the molecule is CCOC(=O)C(=C([O-])OCC)/[N+](=C/c1ccccc1)S(=O)(=O)c1ccc(C)cc1. The maximum absolute atomic E-state index is 13.4. The third kappa shape index (κ3) is 5.45. The van der Waals surface area contributed by atoms with Gasteiger partial charge in [-0.25, -0.2) is 4.79 Å². The molecular formula is C21H23NO6S. The minimum atomic E-state index is -4.30. The second-order valence-corrected chi connectivity index (χ2v) is 7.76. The van der Waals surface area contributed by atoms with Crippen molar-refractivity contribution in [1.82, 2.24) is 0 Å². The lowest BCUT2D eigenvalue weighted by Gasteiger charge is -2.15. The summed E-state index contributed by atoms with van der Waals surface area (Å²) in [7, 11) is -4.30. The van der Waals surface area contributed by atoms with Crippen LogP contribution >= 0.6 is 0 Å². The Morgan fingerprint density at radius 1 is 1.00 bits per heavy atom. The fraction of sp³-hybridized carbons (Fsp3) is 0.238. The van der Waals surface area contributed by atoms with E-state index in [-0.39, 0.29) is 18.1 Å². The van der Waals surface area contributed by atoms with Crippen molar-refractivity contribution in [2.24, 2.45) is 0 Å². The number of carbonyl (C=O) groups excluding carboxylic acids is 1. The summed E-state index contributed by atoms with van der Waals surface area (Å²) in [4.78, 5) is 12.5. The molecule has 0 saturated heterocycles. The van der Waals surface area contributed by atoms with Crippen molar-refractivity contribution in [3.63, 3.8) is 0 Å². The molecule has 2 aromatic carbocycles. The van der Waals surface area contributed by atoms with Crippen LogP contribution in [-0.4, -0.2) is 37.8 Å². The summed E-state index contributed by atoms with van der Waals surface area (Å²) < 4.78 is 37.2. The average Bonchev–Trinajstić information content (AvgIpc) is 2.69. The number of hydrogen-bond donors (Lipinski definition) is 0. The van der Waals surface area contributed by atoms with Gasteiger partial charge in [-0.3, -0.25) is 0 Å². The van der Waals surface area contributed by atoms with Gasteiger partial charge in [0.15, 0.2) is 6.21 Å². The summed E-state index contributed by atoms with van der Waals surface area (Å²) in [5, 5.41) is 12.5. The van der Waals surface area contributed by atoms with Gasteiger partial charge in [0.2, 0.25) is 0 Å². The number of hydrogen-bond acceptors (Lipinski definition) is 6. The Morgan fingerprint density at radius 2 is 1.59 bits per heavy atom. The lowest BCUT2D eigenvalue weighted by Crippen LogP contribution is -2.32. The van der Waals surface area contributed by atoms with E-state index in [0.29, 0.717) is 9.54 Å². The van der Waals surface area contributed by atoms with E-state index in [9.17, 15) is 18.3 Å². The van der Waals surface area contributed by atoms with Gasteiger partial charge in [-0.15, -0.1) is 0 Å². The maximum Gasteiger partial charge on any atom is 0.407 e. The fourth-order valence-electron chi connectivity index (χ4n) is 2.41. The molecular weight excluding hydrogens is 394 g/mol. The second-order valence-electron chi connectivity index (χ2n) is 5.94. The van der Waals surface area contributed by atoms with Gasteiger partial charge in [0.1, 0.15) is 10.8 Å². The summed E-state index contributed by atoms with van der Waals surface area (Å²) in [5.74, 6) is -2.18. The minimum Gasteiger partial charge on any atom is -0.609 e. The Bertz CT molecular complexity index is 1010. The van der Waals surface area contributed by atoms with E-state index in [1.807, 2.05) is 6.92 Å². The van der Waals surface area contributed by atoms with Gasteiger partial charge >= 0.3 is 21.7 Å². The smallest absolute Gasteiger partial charge is 0.407 e. The van der Waals surface area contributed by atoms with E-state index in [1.54, 1.807) is 56.3 Å². The first-order chi connectivity index (χ1) is 13.8. The van der Waals surface area contributed by atoms with Crippen LogP contribution in [0.25, 0.3) is 0 Å². The standard InChI is InChI=1S/C21H23NO6S/c1-4-27-20(23)19(21(24)28-5-2)22(15-17-9-7-6-8-10-17)29(25,26)18-13-11-16(3)12-14-18/h6-15H,4-5H2,1-3H3/b22-15-. The largest absolute Gasteiger partial charge is 0.609 e. The van der Waals surface area contributed by atoms with Crippen LogP contribution in [0.3, 0.4) is 0 Å². The van der Waals surface area contributed by atoms with Gasteiger partial charge in [-0.2, -0.15) is 8.42 Å². The van der Waals surface area contributed by atoms with Crippen molar-refractivity contribution >= 4 is 22.2 Å². The van der Waals surface area contributed by atoms with Crippen molar-refractivity contribution in [1.29, 1.82) is 0 Å². The summed E-state index contributed by atoms with van der Waals surface area (Å²) >= 11 is 0. The van der Waals surface area contributed by atoms with Crippen LogP contribution in [0.15, 0.2) is 71.1 Å². The second kappa shape index (κ2) is 9.88. The molecule has 0 aliphatic heterocycles. The quantitative estimate of drug-likeness (QED) is 0.214. The zero-order valence-corrected chi connectivity index (χ0v) is 17.3. The monoisotopic (exact) mass is 417 g/mol. The van der Waals surface area contributed by atoms with Gasteiger partial charge in [0.25, 0.3) is 0 Å². The van der Waals surface area contributed by atoms with Crippen molar-refractivity contribution in [2.75, 3.05) is 13.2 Å². The summed E-state index contributed by atoms with van der Waals surface area (Å²) in [6.07, 6.45) is 1.19. The number of benzene rings is 2. The van der Waals surface area contributed by atoms with E-state index in [2.05, 4.69) is 0 Å². The first-order valence-electron chi connectivity index (χ1n) is 9.03. The number of ether oxygens (including phenoxy) is 2.